The highest BCUT2D eigenvalue weighted by Crippen LogP contribution is 2.41. The number of hydrogen-bond acceptors (Lipinski definition) is 1. The Morgan fingerprint density at radius 1 is 1.24 bits per heavy atom. The molecule has 1 aromatic carbocycles. The summed E-state index contributed by atoms with van der Waals surface area (Å²) in [4.78, 5) is 4.68. The number of aromatic nitrogens is 2. The lowest BCUT2D eigenvalue weighted by Crippen LogP contribution is -2.21. The molecule has 0 spiro atoms. The van der Waals surface area contributed by atoms with Crippen LogP contribution in [0.4, 0.5) is 0 Å². The van der Waals surface area contributed by atoms with Crippen molar-refractivity contribution in [3.63, 3.8) is 0 Å². The van der Waals surface area contributed by atoms with Gasteiger partial charge in [0.05, 0.1) is 26.5 Å². The van der Waals surface area contributed by atoms with Crippen molar-refractivity contribution in [1.82, 2.24) is 9.55 Å². The van der Waals surface area contributed by atoms with Crippen LogP contribution in [-0.2, 0) is 6.54 Å². The first-order valence-electron chi connectivity index (χ1n) is 7.39. The van der Waals surface area contributed by atoms with Gasteiger partial charge in [0.15, 0.2) is 0 Å². The second-order valence-electron chi connectivity index (χ2n) is 6.44. The molecule has 1 fully saturated rings. The first-order valence-corrected chi connectivity index (χ1v) is 8.58. The fourth-order valence-electron chi connectivity index (χ4n) is 3.38. The summed E-state index contributed by atoms with van der Waals surface area (Å²) in [7, 11) is 0. The van der Waals surface area contributed by atoms with Gasteiger partial charge >= 0.3 is 0 Å². The third-order valence-electron chi connectivity index (χ3n) is 4.53. The average molecular weight is 346 g/mol. The van der Waals surface area contributed by atoms with Crippen molar-refractivity contribution in [2.45, 2.75) is 51.5 Å². The van der Waals surface area contributed by atoms with Crippen LogP contribution in [0.3, 0.4) is 0 Å². The van der Waals surface area contributed by atoms with Crippen molar-refractivity contribution in [2.75, 3.05) is 0 Å². The minimum Gasteiger partial charge on any atom is -0.326 e. The Kier molecular flexibility index (Phi) is 4.15. The second kappa shape index (κ2) is 5.64. The van der Waals surface area contributed by atoms with Crippen LogP contribution in [0.25, 0.3) is 11.0 Å². The Labute approximate surface area is 140 Å². The summed E-state index contributed by atoms with van der Waals surface area (Å²) in [6.45, 7) is 5.25. The van der Waals surface area contributed by atoms with Gasteiger partial charge in [0.1, 0.15) is 5.82 Å². The predicted octanol–water partition coefficient (Wildman–Crippen LogP) is 6.22. The van der Waals surface area contributed by atoms with Gasteiger partial charge in [-0.3, -0.25) is 0 Å². The fraction of sp³-hybridized carbons (Fsp3) is 0.562. The lowest BCUT2D eigenvalue weighted by molar-refractivity contribution is 0.281. The van der Waals surface area contributed by atoms with Gasteiger partial charge in [0, 0.05) is 6.54 Å². The first-order chi connectivity index (χ1) is 9.89. The summed E-state index contributed by atoms with van der Waals surface area (Å²) in [5.74, 6) is 0.901. The molecule has 1 aliphatic rings. The number of imidazole rings is 1. The molecule has 1 saturated carbocycles. The monoisotopic (exact) mass is 344 g/mol. The van der Waals surface area contributed by atoms with Crippen LogP contribution in [0.2, 0.25) is 10.0 Å². The molecule has 1 unspecified atom stereocenters. The number of benzene rings is 1. The summed E-state index contributed by atoms with van der Waals surface area (Å²) in [6.07, 6.45) is 5.12. The van der Waals surface area contributed by atoms with Crippen molar-refractivity contribution >= 4 is 45.8 Å². The Morgan fingerprint density at radius 3 is 2.48 bits per heavy atom. The number of rotatable bonds is 3. The molecule has 2 nitrogen and oxygen atoms in total. The molecule has 114 valence electrons. The van der Waals surface area contributed by atoms with Crippen LogP contribution in [0.15, 0.2) is 12.1 Å². The van der Waals surface area contributed by atoms with Gasteiger partial charge in [-0.1, -0.05) is 43.0 Å². The summed E-state index contributed by atoms with van der Waals surface area (Å²) >= 11 is 18.6. The molecular formula is C16H19Cl3N2. The zero-order valence-corrected chi connectivity index (χ0v) is 14.6. The maximum Gasteiger partial charge on any atom is 0.127 e. The van der Waals surface area contributed by atoms with Crippen LogP contribution in [0, 0.1) is 5.41 Å². The molecule has 1 aliphatic carbocycles. The summed E-state index contributed by atoms with van der Waals surface area (Å²) < 4.78 is 2.24. The zero-order chi connectivity index (χ0) is 15.2. The third kappa shape index (κ3) is 2.91. The predicted molar refractivity (Wildman–Crippen MR) is 90.6 cm³/mol. The van der Waals surface area contributed by atoms with Crippen molar-refractivity contribution in [3.8, 4) is 0 Å². The molecule has 1 aromatic heterocycles. The smallest absolute Gasteiger partial charge is 0.127 e. The minimum atomic E-state index is -0.139. The van der Waals surface area contributed by atoms with E-state index in [1.807, 2.05) is 19.1 Å². The number of alkyl halides is 1. The zero-order valence-electron chi connectivity index (χ0n) is 12.3. The summed E-state index contributed by atoms with van der Waals surface area (Å²) in [5.41, 5.74) is 2.22. The normalized spacial score (nSPS) is 19.3. The van der Waals surface area contributed by atoms with Crippen molar-refractivity contribution in [3.05, 3.63) is 28.0 Å². The van der Waals surface area contributed by atoms with Crippen LogP contribution in [0.1, 0.15) is 50.7 Å². The summed E-state index contributed by atoms with van der Waals surface area (Å²) in [6, 6.07) is 3.74. The molecule has 0 N–H and O–H groups in total. The van der Waals surface area contributed by atoms with E-state index in [0.717, 1.165) is 23.4 Å². The van der Waals surface area contributed by atoms with Crippen molar-refractivity contribution in [1.29, 1.82) is 0 Å². The molecule has 1 atom stereocenters. The Balaban J connectivity index is 2.13. The van der Waals surface area contributed by atoms with Crippen LogP contribution in [-0.4, -0.2) is 9.55 Å². The van der Waals surface area contributed by atoms with Gasteiger partial charge in [-0.2, -0.15) is 0 Å². The highest BCUT2D eigenvalue weighted by Gasteiger charge is 2.31. The van der Waals surface area contributed by atoms with E-state index in [0.29, 0.717) is 15.5 Å². The van der Waals surface area contributed by atoms with E-state index in [9.17, 15) is 0 Å². The quantitative estimate of drug-likeness (QED) is 0.603. The Morgan fingerprint density at radius 2 is 1.86 bits per heavy atom. The standard InChI is InChI=1S/C16H19Cl3N2/c1-10(17)15-20-13-7-11(18)12(19)8-14(13)21(15)9-16(2)5-3-4-6-16/h7-8,10H,3-6,9H2,1-2H3. The van der Waals surface area contributed by atoms with Crippen LogP contribution in [0.5, 0.6) is 0 Å². The molecule has 2 aromatic rings. The highest BCUT2D eigenvalue weighted by atomic mass is 35.5. The van der Waals surface area contributed by atoms with E-state index in [1.54, 1.807) is 0 Å². The maximum absolute atomic E-state index is 6.34. The average Bonchev–Trinajstić information content (AvgIpc) is 2.97. The van der Waals surface area contributed by atoms with Gasteiger partial charge in [0.2, 0.25) is 0 Å². The molecule has 0 amide bonds. The molecule has 3 rings (SSSR count). The molecule has 0 saturated heterocycles. The molecule has 5 heteroatoms. The second-order valence-corrected chi connectivity index (χ2v) is 7.91. The van der Waals surface area contributed by atoms with E-state index in [2.05, 4.69) is 16.5 Å². The fourth-order valence-corrected chi connectivity index (χ4v) is 3.86. The lowest BCUT2D eigenvalue weighted by Gasteiger charge is -2.26. The third-order valence-corrected chi connectivity index (χ3v) is 5.44. The van der Waals surface area contributed by atoms with Gasteiger partial charge in [-0.05, 0) is 37.3 Å². The Bertz CT molecular complexity index is 670. The first kappa shape index (κ1) is 15.5. The van der Waals surface area contributed by atoms with Gasteiger partial charge in [-0.25, -0.2) is 4.98 Å². The van der Waals surface area contributed by atoms with Gasteiger partial charge < -0.3 is 4.57 Å². The SMILES string of the molecule is CC(Cl)c1nc2cc(Cl)c(Cl)cc2n1CC1(C)CCCC1. The highest BCUT2D eigenvalue weighted by molar-refractivity contribution is 6.42. The van der Waals surface area contributed by atoms with E-state index >= 15 is 0 Å². The maximum atomic E-state index is 6.34. The van der Waals surface area contributed by atoms with E-state index in [4.69, 9.17) is 34.8 Å². The minimum absolute atomic E-state index is 0.139. The van der Waals surface area contributed by atoms with Gasteiger partial charge in [-0.15, -0.1) is 11.6 Å². The number of hydrogen-bond donors (Lipinski definition) is 0. The van der Waals surface area contributed by atoms with Crippen LogP contribution < -0.4 is 0 Å². The van der Waals surface area contributed by atoms with E-state index < -0.39 is 0 Å². The molecular weight excluding hydrogens is 327 g/mol. The van der Waals surface area contributed by atoms with Crippen molar-refractivity contribution in [2.24, 2.45) is 5.41 Å². The molecule has 0 radical (unpaired) electrons. The number of halogens is 3. The molecule has 21 heavy (non-hydrogen) atoms. The van der Waals surface area contributed by atoms with E-state index in [1.165, 1.54) is 25.7 Å². The van der Waals surface area contributed by atoms with Crippen molar-refractivity contribution < 1.29 is 0 Å². The van der Waals surface area contributed by atoms with Gasteiger partial charge in [0.25, 0.3) is 0 Å². The number of nitrogens with zero attached hydrogens (tertiary/aromatic N) is 2. The largest absolute Gasteiger partial charge is 0.326 e. The lowest BCUT2D eigenvalue weighted by atomic mass is 9.88. The Hall–Kier alpha value is -0.440. The molecule has 1 heterocycles. The topological polar surface area (TPSA) is 17.8 Å². The number of fused-ring (bicyclic) bond motifs is 1. The van der Waals surface area contributed by atoms with E-state index in [-0.39, 0.29) is 5.38 Å². The van der Waals surface area contributed by atoms with Crippen LogP contribution >= 0.6 is 34.8 Å². The summed E-state index contributed by atoms with van der Waals surface area (Å²) in [5, 5.41) is 0.963. The molecule has 0 bridgehead atoms. The molecule has 0 aliphatic heterocycles.